The maximum atomic E-state index is 14.4. The molecule has 32 heavy (non-hydrogen) atoms. The second-order valence-corrected chi connectivity index (χ2v) is 9.08. The minimum atomic E-state index is -0.125. The van der Waals surface area contributed by atoms with Crippen LogP contribution in [0.3, 0.4) is 0 Å². The highest BCUT2D eigenvalue weighted by Gasteiger charge is 2.24. The summed E-state index contributed by atoms with van der Waals surface area (Å²) in [6, 6.07) is 9.01. The SMILES string of the molecule is COCCn1cc(CN2CCC(c3cc(CN)ccc3F)CC2)c2c(Cl)cc(Cl)cc21.Cl. The molecular weight excluding hydrogens is 472 g/mol. The van der Waals surface area contributed by atoms with Crippen molar-refractivity contribution in [3.8, 4) is 0 Å². The maximum Gasteiger partial charge on any atom is 0.126 e. The molecule has 0 spiro atoms. The fraction of sp³-hybridized carbons (Fsp3) is 0.417. The molecule has 0 aliphatic carbocycles. The van der Waals surface area contributed by atoms with Gasteiger partial charge >= 0.3 is 0 Å². The molecule has 0 radical (unpaired) electrons. The van der Waals surface area contributed by atoms with Gasteiger partial charge in [0.25, 0.3) is 0 Å². The Hall–Kier alpha value is -1.34. The number of hydrogen-bond acceptors (Lipinski definition) is 3. The van der Waals surface area contributed by atoms with Crippen molar-refractivity contribution in [1.82, 2.24) is 9.47 Å². The summed E-state index contributed by atoms with van der Waals surface area (Å²) in [7, 11) is 1.70. The van der Waals surface area contributed by atoms with Crippen LogP contribution < -0.4 is 5.73 Å². The highest BCUT2D eigenvalue weighted by Crippen LogP contribution is 2.35. The van der Waals surface area contributed by atoms with Crippen LogP contribution in [0.5, 0.6) is 0 Å². The van der Waals surface area contributed by atoms with Crippen LogP contribution >= 0.6 is 35.6 Å². The summed E-state index contributed by atoms with van der Waals surface area (Å²) in [5, 5.41) is 2.35. The lowest BCUT2D eigenvalue weighted by Crippen LogP contribution is -2.32. The molecule has 2 aromatic carbocycles. The van der Waals surface area contributed by atoms with Gasteiger partial charge in [-0.1, -0.05) is 35.3 Å². The standard InChI is InChI=1S/C24H28Cl2FN3O.ClH/c1-31-9-8-30-15-18(24-21(26)11-19(25)12-23(24)30)14-29-6-4-17(5-7-29)20-10-16(13-28)2-3-22(20)27;/h2-3,10-12,15,17H,4-9,13-14,28H2,1H3;1H. The number of methoxy groups -OCH3 is 1. The van der Waals surface area contributed by atoms with Crippen LogP contribution in [0.25, 0.3) is 10.9 Å². The van der Waals surface area contributed by atoms with Crippen molar-refractivity contribution in [2.45, 2.75) is 38.4 Å². The molecule has 1 saturated heterocycles. The second-order valence-electron chi connectivity index (χ2n) is 8.23. The van der Waals surface area contributed by atoms with E-state index in [1.807, 2.05) is 12.1 Å². The van der Waals surface area contributed by atoms with Crippen molar-refractivity contribution in [1.29, 1.82) is 0 Å². The van der Waals surface area contributed by atoms with Crippen LogP contribution in [0.1, 0.15) is 35.4 Å². The van der Waals surface area contributed by atoms with Gasteiger partial charge in [0.2, 0.25) is 0 Å². The number of halogens is 4. The fourth-order valence-corrected chi connectivity index (χ4v) is 5.20. The summed E-state index contributed by atoms with van der Waals surface area (Å²) in [5.41, 5.74) is 9.74. The number of nitrogens with two attached hydrogens (primary N) is 1. The third kappa shape index (κ3) is 5.41. The number of likely N-dealkylation sites (tertiary alicyclic amines) is 1. The number of fused-ring (bicyclic) bond motifs is 1. The maximum absolute atomic E-state index is 14.4. The monoisotopic (exact) mass is 499 g/mol. The zero-order valence-corrected chi connectivity index (χ0v) is 20.4. The minimum absolute atomic E-state index is 0. The predicted molar refractivity (Wildman–Crippen MR) is 133 cm³/mol. The van der Waals surface area contributed by atoms with Gasteiger partial charge in [-0.15, -0.1) is 12.4 Å². The van der Waals surface area contributed by atoms with Crippen molar-refractivity contribution in [3.05, 3.63) is 69.1 Å². The van der Waals surface area contributed by atoms with E-state index >= 15 is 0 Å². The van der Waals surface area contributed by atoms with E-state index in [2.05, 4.69) is 15.7 Å². The number of benzene rings is 2. The van der Waals surface area contributed by atoms with E-state index in [0.717, 1.165) is 61.1 Å². The smallest absolute Gasteiger partial charge is 0.126 e. The second kappa shape index (κ2) is 11.2. The molecule has 0 amide bonds. The van der Waals surface area contributed by atoms with E-state index in [4.69, 9.17) is 33.7 Å². The highest BCUT2D eigenvalue weighted by molar-refractivity contribution is 6.38. The summed E-state index contributed by atoms with van der Waals surface area (Å²) in [6.45, 7) is 4.41. The third-order valence-corrected chi connectivity index (χ3v) is 6.75. The van der Waals surface area contributed by atoms with E-state index in [-0.39, 0.29) is 24.1 Å². The van der Waals surface area contributed by atoms with Crippen molar-refractivity contribution in [3.63, 3.8) is 0 Å². The Morgan fingerprint density at radius 3 is 2.59 bits per heavy atom. The van der Waals surface area contributed by atoms with Gasteiger partial charge in [0, 0.05) is 43.3 Å². The number of hydrogen-bond donors (Lipinski definition) is 1. The van der Waals surface area contributed by atoms with Crippen LogP contribution in [-0.2, 0) is 24.4 Å². The molecule has 2 heterocycles. The van der Waals surface area contributed by atoms with E-state index < -0.39 is 0 Å². The Balaban J connectivity index is 0.00000289. The van der Waals surface area contributed by atoms with Crippen LogP contribution in [-0.4, -0.2) is 36.3 Å². The Kier molecular flexibility index (Phi) is 8.84. The first-order chi connectivity index (χ1) is 15.0. The highest BCUT2D eigenvalue weighted by atomic mass is 35.5. The number of nitrogens with zero attached hydrogens (tertiary/aromatic N) is 2. The van der Waals surface area contributed by atoms with Gasteiger partial charge in [0.15, 0.2) is 0 Å². The van der Waals surface area contributed by atoms with Gasteiger partial charge in [-0.25, -0.2) is 4.39 Å². The zero-order valence-electron chi connectivity index (χ0n) is 18.1. The number of rotatable bonds is 7. The molecule has 0 saturated carbocycles. The van der Waals surface area contributed by atoms with Gasteiger partial charge in [-0.2, -0.15) is 0 Å². The van der Waals surface area contributed by atoms with Gasteiger partial charge < -0.3 is 15.0 Å². The molecule has 3 aromatic rings. The average Bonchev–Trinajstić information content (AvgIpc) is 3.10. The lowest BCUT2D eigenvalue weighted by molar-refractivity contribution is 0.188. The summed E-state index contributed by atoms with van der Waals surface area (Å²) in [5.74, 6) is 0.105. The molecule has 174 valence electrons. The molecule has 4 nitrogen and oxygen atoms in total. The molecule has 1 aliphatic rings. The van der Waals surface area contributed by atoms with E-state index in [9.17, 15) is 4.39 Å². The molecule has 1 aliphatic heterocycles. The molecule has 0 unspecified atom stereocenters. The molecule has 0 atom stereocenters. The van der Waals surface area contributed by atoms with Crippen LogP contribution in [0.2, 0.25) is 10.0 Å². The first kappa shape index (κ1) is 25.3. The van der Waals surface area contributed by atoms with Gasteiger partial charge in [0.05, 0.1) is 17.1 Å². The normalized spacial score (nSPS) is 15.3. The largest absolute Gasteiger partial charge is 0.383 e. The van der Waals surface area contributed by atoms with Gasteiger partial charge in [0.1, 0.15) is 5.82 Å². The van der Waals surface area contributed by atoms with E-state index in [1.165, 1.54) is 5.56 Å². The molecule has 0 bridgehead atoms. The first-order valence-electron chi connectivity index (χ1n) is 10.7. The Labute approximate surface area is 204 Å². The predicted octanol–water partition coefficient (Wildman–Crippen LogP) is 5.99. The summed E-state index contributed by atoms with van der Waals surface area (Å²) >= 11 is 12.8. The van der Waals surface area contributed by atoms with E-state index in [0.29, 0.717) is 23.2 Å². The summed E-state index contributed by atoms with van der Waals surface area (Å²) < 4.78 is 21.8. The Morgan fingerprint density at radius 1 is 1.16 bits per heavy atom. The topological polar surface area (TPSA) is 43.4 Å². The lowest BCUT2D eigenvalue weighted by Gasteiger charge is -2.32. The van der Waals surface area contributed by atoms with Crippen LogP contribution in [0.15, 0.2) is 36.5 Å². The first-order valence-corrected chi connectivity index (χ1v) is 11.4. The molecule has 1 fully saturated rings. The number of ether oxygens (including phenoxy) is 1. The zero-order chi connectivity index (χ0) is 22.0. The van der Waals surface area contributed by atoms with Crippen molar-refractivity contribution in [2.75, 3.05) is 26.8 Å². The molecule has 1 aromatic heterocycles. The van der Waals surface area contributed by atoms with Crippen molar-refractivity contribution < 1.29 is 9.13 Å². The average molecular weight is 501 g/mol. The Bertz CT molecular complexity index is 1060. The van der Waals surface area contributed by atoms with Crippen molar-refractivity contribution in [2.24, 2.45) is 5.73 Å². The minimum Gasteiger partial charge on any atom is -0.383 e. The third-order valence-electron chi connectivity index (χ3n) is 6.23. The summed E-state index contributed by atoms with van der Waals surface area (Å²) in [6.07, 6.45) is 4.00. The molecular formula is C24H29Cl3FN3O. The fourth-order valence-electron chi connectivity index (χ4n) is 4.60. The molecule has 2 N–H and O–H groups in total. The number of piperidine rings is 1. The van der Waals surface area contributed by atoms with Gasteiger partial charge in [-0.3, -0.25) is 4.90 Å². The van der Waals surface area contributed by atoms with Crippen LogP contribution in [0, 0.1) is 5.82 Å². The van der Waals surface area contributed by atoms with Crippen LogP contribution in [0.4, 0.5) is 4.39 Å². The molecule has 4 rings (SSSR count). The number of aromatic nitrogens is 1. The molecule has 8 heteroatoms. The van der Waals surface area contributed by atoms with E-state index in [1.54, 1.807) is 25.3 Å². The quantitative estimate of drug-likeness (QED) is 0.433. The lowest BCUT2D eigenvalue weighted by atomic mass is 9.88. The van der Waals surface area contributed by atoms with Gasteiger partial charge in [-0.05, 0) is 66.7 Å². The Morgan fingerprint density at radius 2 is 1.91 bits per heavy atom. The van der Waals surface area contributed by atoms with Crippen molar-refractivity contribution >= 4 is 46.5 Å². The summed E-state index contributed by atoms with van der Waals surface area (Å²) in [4.78, 5) is 2.42.